The number of sulfonamides is 1. The van der Waals surface area contributed by atoms with Gasteiger partial charge in [0.25, 0.3) is 5.91 Å². The Kier molecular flexibility index (Phi) is 7.03. The number of anilines is 1. The summed E-state index contributed by atoms with van der Waals surface area (Å²) in [7, 11) is -1.14. The van der Waals surface area contributed by atoms with Gasteiger partial charge < -0.3 is 9.26 Å². The number of nitrogens with zero attached hydrogens (tertiary/aromatic N) is 4. The summed E-state index contributed by atoms with van der Waals surface area (Å²) in [5.74, 6) is -0.185. The smallest absolute Gasteiger partial charge is 0.340 e. The van der Waals surface area contributed by atoms with Crippen molar-refractivity contribution in [3.8, 4) is 17.1 Å². The van der Waals surface area contributed by atoms with Crippen LogP contribution in [0.1, 0.15) is 15.9 Å². The van der Waals surface area contributed by atoms with Gasteiger partial charge in [-0.15, -0.1) is 0 Å². The molecule has 2 aromatic heterocycles. The number of hydrogen-bond acceptors (Lipinski definition) is 9. The molecule has 12 heteroatoms. The van der Waals surface area contributed by atoms with Crippen LogP contribution in [-0.2, 0) is 16.6 Å². The van der Waals surface area contributed by atoms with Crippen LogP contribution in [0.5, 0.6) is 5.75 Å². The maximum absolute atomic E-state index is 13.3. The number of aromatic nitrogens is 3. The normalized spacial score (nSPS) is 11.3. The zero-order valence-electron chi connectivity index (χ0n) is 18.9. The van der Waals surface area contributed by atoms with E-state index in [1.54, 1.807) is 24.5 Å². The lowest BCUT2D eigenvalue weighted by Gasteiger charge is -2.19. The molecule has 0 aliphatic heterocycles. The zero-order chi connectivity index (χ0) is 24.8. The Labute approximate surface area is 201 Å². The highest BCUT2D eigenvalue weighted by Gasteiger charge is 2.26. The van der Waals surface area contributed by atoms with Crippen LogP contribution in [0.2, 0.25) is 0 Å². The highest BCUT2D eigenvalue weighted by molar-refractivity contribution is 7.89. The van der Waals surface area contributed by atoms with Gasteiger partial charge in [0.05, 0.1) is 7.11 Å². The molecule has 0 saturated heterocycles. The van der Waals surface area contributed by atoms with E-state index in [1.807, 2.05) is 30.3 Å². The van der Waals surface area contributed by atoms with E-state index in [9.17, 15) is 13.2 Å². The molecule has 0 spiro atoms. The third-order valence-corrected chi connectivity index (χ3v) is 6.83. The first-order valence-corrected chi connectivity index (χ1v) is 11.8. The lowest BCUT2D eigenvalue weighted by molar-refractivity contribution is 0.0960. The average Bonchev–Trinajstić information content (AvgIpc) is 3.37. The topological polar surface area (TPSA) is 140 Å². The van der Waals surface area contributed by atoms with Gasteiger partial charge in [0.1, 0.15) is 10.6 Å². The standard InChI is InChI=1S/C23H22N6O5S/c1-29(15-16-6-4-3-5-7-16)35(31,32)20-14-18(8-9-19(20)33-2)22(30)26-27-23-25-21(28-34-23)17-10-12-24-13-11-17/h3-14H,15H2,1-2H3,(H,26,30)(H,25,27,28). The quantitative estimate of drug-likeness (QED) is 0.336. The number of methoxy groups -OCH3 is 1. The van der Waals surface area contributed by atoms with E-state index in [0.29, 0.717) is 11.4 Å². The third kappa shape index (κ3) is 5.45. The molecular formula is C23H22N6O5S. The fourth-order valence-corrected chi connectivity index (χ4v) is 4.52. The second kappa shape index (κ2) is 10.3. The number of rotatable bonds is 9. The number of nitrogens with one attached hydrogen (secondary N) is 2. The first-order valence-electron chi connectivity index (χ1n) is 10.4. The average molecular weight is 495 g/mol. The number of ether oxygens (including phenoxy) is 1. The van der Waals surface area contributed by atoms with Crippen molar-refractivity contribution in [2.24, 2.45) is 0 Å². The monoisotopic (exact) mass is 494 g/mol. The van der Waals surface area contributed by atoms with Crippen LogP contribution < -0.4 is 15.6 Å². The Balaban J connectivity index is 1.50. The molecule has 0 fully saturated rings. The first-order chi connectivity index (χ1) is 16.9. The summed E-state index contributed by atoms with van der Waals surface area (Å²) in [4.78, 5) is 20.6. The van der Waals surface area contributed by atoms with Crippen molar-refractivity contribution >= 4 is 21.9 Å². The predicted octanol–water partition coefficient (Wildman–Crippen LogP) is 2.72. The van der Waals surface area contributed by atoms with Gasteiger partial charge in [0.2, 0.25) is 15.8 Å². The third-order valence-electron chi connectivity index (χ3n) is 5.01. The van der Waals surface area contributed by atoms with Crippen LogP contribution in [0, 0.1) is 0 Å². The van der Waals surface area contributed by atoms with Crippen LogP contribution in [0.25, 0.3) is 11.4 Å². The summed E-state index contributed by atoms with van der Waals surface area (Å²) in [5.41, 5.74) is 6.54. The van der Waals surface area contributed by atoms with E-state index < -0.39 is 15.9 Å². The Morgan fingerprint density at radius 3 is 2.54 bits per heavy atom. The van der Waals surface area contributed by atoms with E-state index in [4.69, 9.17) is 9.26 Å². The second-order valence-corrected chi connectivity index (χ2v) is 9.36. The molecular weight excluding hydrogens is 472 g/mol. The summed E-state index contributed by atoms with van der Waals surface area (Å²) >= 11 is 0. The van der Waals surface area contributed by atoms with Gasteiger partial charge in [-0.05, 0) is 35.9 Å². The van der Waals surface area contributed by atoms with Gasteiger partial charge in [-0.25, -0.2) is 13.8 Å². The molecule has 0 radical (unpaired) electrons. The largest absolute Gasteiger partial charge is 0.495 e. The number of pyridine rings is 1. The minimum absolute atomic E-state index is 0.0471. The lowest BCUT2D eigenvalue weighted by atomic mass is 10.2. The number of benzene rings is 2. The summed E-state index contributed by atoms with van der Waals surface area (Å²) in [6.45, 7) is 0.154. The SMILES string of the molecule is COc1ccc(C(=O)NNc2nc(-c3ccncc3)no2)cc1S(=O)(=O)N(C)Cc1ccccc1. The van der Waals surface area contributed by atoms with Gasteiger partial charge in [-0.2, -0.15) is 9.29 Å². The van der Waals surface area contributed by atoms with Crippen molar-refractivity contribution in [2.75, 3.05) is 19.6 Å². The maximum atomic E-state index is 13.3. The Morgan fingerprint density at radius 2 is 1.83 bits per heavy atom. The molecule has 2 aromatic carbocycles. The van der Waals surface area contributed by atoms with E-state index in [2.05, 4.69) is 26.0 Å². The molecule has 11 nitrogen and oxygen atoms in total. The summed E-state index contributed by atoms with van der Waals surface area (Å²) < 4.78 is 38.1. The van der Waals surface area contributed by atoms with Gasteiger partial charge in [0.15, 0.2) is 0 Å². The van der Waals surface area contributed by atoms with Crippen molar-refractivity contribution in [3.05, 3.63) is 84.2 Å². The van der Waals surface area contributed by atoms with Crippen molar-refractivity contribution in [2.45, 2.75) is 11.4 Å². The molecule has 4 aromatic rings. The predicted molar refractivity (Wildman–Crippen MR) is 127 cm³/mol. The minimum atomic E-state index is -3.97. The van der Waals surface area contributed by atoms with Crippen molar-refractivity contribution in [3.63, 3.8) is 0 Å². The molecule has 0 aliphatic carbocycles. The van der Waals surface area contributed by atoms with Gasteiger partial charge in [0, 0.05) is 37.1 Å². The van der Waals surface area contributed by atoms with Gasteiger partial charge in [-0.1, -0.05) is 35.5 Å². The number of amides is 1. The van der Waals surface area contributed by atoms with Crippen molar-refractivity contribution < 1.29 is 22.5 Å². The molecule has 0 atom stereocenters. The van der Waals surface area contributed by atoms with E-state index in [-0.39, 0.29) is 28.8 Å². The molecule has 4 rings (SSSR count). The van der Waals surface area contributed by atoms with E-state index in [1.165, 1.54) is 36.7 Å². The fraction of sp³-hybridized carbons (Fsp3) is 0.130. The number of carbonyl (C=O) groups is 1. The Morgan fingerprint density at radius 1 is 1.09 bits per heavy atom. The van der Waals surface area contributed by atoms with Crippen molar-refractivity contribution in [1.29, 1.82) is 0 Å². The molecule has 0 saturated carbocycles. The van der Waals surface area contributed by atoms with Crippen LogP contribution in [0.15, 0.2) is 82.5 Å². The van der Waals surface area contributed by atoms with E-state index in [0.717, 1.165) is 5.56 Å². The number of hydrazine groups is 1. The Hall–Kier alpha value is -4.29. The van der Waals surface area contributed by atoms with Crippen LogP contribution >= 0.6 is 0 Å². The molecule has 35 heavy (non-hydrogen) atoms. The lowest BCUT2D eigenvalue weighted by Crippen LogP contribution is -2.30. The summed E-state index contributed by atoms with van der Waals surface area (Å²) in [6, 6.07) is 16.7. The second-order valence-electron chi connectivity index (χ2n) is 7.35. The van der Waals surface area contributed by atoms with E-state index >= 15 is 0 Å². The first kappa shape index (κ1) is 23.9. The summed E-state index contributed by atoms with van der Waals surface area (Å²) in [6.07, 6.45) is 3.18. The highest BCUT2D eigenvalue weighted by atomic mass is 32.2. The molecule has 0 bridgehead atoms. The van der Waals surface area contributed by atoms with Gasteiger partial charge in [-0.3, -0.25) is 15.2 Å². The Bertz CT molecular complexity index is 1410. The zero-order valence-corrected chi connectivity index (χ0v) is 19.7. The number of carbonyl (C=O) groups excluding carboxylic acids is 1. The molecule has 0 aliphatic rings. The van der Waals surface area contributed by atoms with Crippen LogP contribution in [0.4, 0.5) is 6.01 Å². The molecule has 0 unspecified atom stereocenters. The van der Waals surface area contributed by atoms with Gasteiger partial charge >= 0.3 is 6.01 Å². The van der Waals surface area contributed by atoms with Crippen LogP contribution in [-0.4, -0.2) is 47.9 Å². The highest BCUT2D eigenvalue weighted by Crippen LogP contribution is 2.28. The fourth-order valence-electron chi connectivity index (χ4n) is 3.19. The summed E-state index contributed by atoms with van der Waals surface area (Å²) in [5, 5.41) is 3.83. The van der Waals surface area contributed by atoms with Crippen molar-refractivity contribution in [1.82, 2.24) is 24.9 Å². The number of hydrogen-bond donors (Lipinski definition) is 2. The minimum Gasteiger partial charge on any atom is -0.495 e. The van der Waals surface area contributed by atoms with Crippen LogP contribution in [0.3, 0.4) is 0 Å². The maximum Gasteiger partial charge on any atom is 0.340 e. The molecule has 2 heterocycles. The molecule has 2 N–H and O–H groups in total. The molecule has 1 amide bonds. The molecule has 180 valence electrons.